The quantitative estimate of drug-likeness (QED) is 0.741. The largest absolute Gasteiger partial charge is 0.379 e. The van der Waals surface area contributed by atoms with Gasteiger partial charge in [0.15, 0.2) is 0 Å². The first-order chi connectivity index (χ1) is 6.74. The van der Waals surface area contributed by atoms with Crippen LogP contribution in [0.15, 0.2) is 12.3 Å². The second-order valence-electron chi connectivity index (χ2n) is 3.51. The molecule has 1 atom stereocenters. The van der Waals surface area contributed by atoms with Crippen LogP contribution in [0.1, 0.15) is 16.1 Å². The standard InChI is InChI=1S/C10H14N2O2/c1-11-10(13)7-3-8-4-9(14-2)6-12(8)5-7/h3,5,9H,4,6H2,1-2H3,(H,11,13). The van der Waals surface area contributed by atoms with Crippen LogP contribution in [-0.4, -0.2) is 30.7 Å². The minimum Gasteiger partial charge on any atom is -0.379 e. The van der Waals surface area contributed by atoms with Crippen molar-refractivity contribution in [2.24, 2.45) is 0 Å². The first kappa shape index (κ1) is 9.27. The molecule has 0 saturated carbocycles. The van der Waals surface area contributed by atoms with Crippen LogP contribution in [-0.2, 0) is 17.7 Å². The van der Waals surface area contributed by atoms with E-state index in [1.54, 1.807) is 14.2 Å². The lowest BCUT2D eigenvalue weighted by Crippen LogP contribution is -2.18. The molecule has 1 aliphatic heterocycles. The fraction of sp³-hybridized carbons (Fsp3) is 0.500. The van der Waals surface area contributed by atoms with E-state index in [1.165, 1.54) is 5.69 Å². The second kappa shape index (κ2) is 3.46. The van der Waals surface area contributed by atoms with E-state index in [2.05, 4.69) is 9.88 Å². The van der Waals surface area contributed by atoms with Gasteiger partial charge in [-0.3, -0.25) is 4.79 Å². The van der Waals surface area contributed by atoms with Crippen LogP contribution in [0.2, 0.25) is 0 Å². The van der Waals surface area contributed by atoms with Crippen molar-refractivity contribution < 1.29 is 9.53 Å². The number of hydrogen-bond acceptors (Lipinski definition) is 2. The molecule has 0 aliphatic carbocycles. The fourth-order valence-corrected chi connectivity index (χ4v) is 1.84. The number of ether oxygens (including phenoxy) is 1. The molecule has 0 spiro atoms. The molecule has 1 unspecified atom stereocenters. The van der Waals surface area contributed by atoms with E-state index in [0.717, 1.165) is 18.5 Å². The average Bonchev–Trinajstić information content (AvgIpc) is 2.72. The number of carbonyl (C=O) groups excluding carboxylic acids is 1. The topological polar surface area (TPSA) is 43.3 Å². The Hall–Kier alpha value is -1.29. The molecule has 76 valence electrons. The number of rotatable bonds is 2. The molecule has 0 saturated heterocycles. The molecule has 1 amide bonds. The average molecular weight is 194 g/mol. The Labute approximate surface area is 82.9 Å². The van der Waals surface area contributed by atoms with Crippen molar-refractivity contribution in [3.8, 4) is 0 Å². The molecule has 4 nitrogen and oxygen atoms in total. The van der Waals surface area contributed by atoms with Crippen molar-refractivity contribution in [3.63, 3.8) is 0 Å². The van der Waals surface area contributed by atoms with Gasteiger partial charge in [0.1, 0.15) is 0 Å². The molecule has 2 heterocycles. The fourth-order valence-electron chi connectivity index (χ4n) is 1.84. The molecule has 4 heteroatoms. The van der Waals surface area contributed by atoms with Crippen molar-refractivity contribution in [1.82, 2.24) is 9.88 Å². The van der Waals surface area contributed by atoms with Crippen LogP contribution < -0.4 is 5.32 Å². The third kappa shape index (κ3) is 1.42. The van der Waals surface area contributed by atoms with Gasteiger partial charge >= 0.3 is 0 Å². The van der Waals surface area contributed by atoms with Crippen molar-refractivity contribution in [1.29, 1.82) is 0 Å². The zero-order valence-electron chi connectivity index (χ0n) is 8.41. The van der Waals surface area contributed by atoms with E-state index in [9.17, 15) is 4.79 Å². The molecule has 0 bridgehead atoms. The Morgan fingerprint density at radius 2 is 2.50 bits per heavy atom. The molecule has 2 rings (SSSR count). The van der Waals surface area contributed by atoms with Crippen LogP contribution in [0.5, 0.6) is 0 Å². The first-order valence-corrected chi connectivity index (χ1v) is 4.68. The van der Waals surface area contributed by atoms with E-state index < -0.39 is 0 Å². The smallest absolute Gasteiger partial charge is 0.252 e. The Bertz CT molecular complexity index is 334. The molecular weight excluding hydrogens is 180 g/mol. The molecule has 1 aromatic rings. The summed E-state index contributed by atoms with van der Waals surface area (Å²) in [6.07, 6.45) is 3.05. The summed E-state index contributed by atoms with van der Waals surface area (Å²) in [5, 5.41) is 2.61. The number of methoxy groups -OCH3 is 1. The maximum atomic E-state index is 11.3. The van der Waals surface area contributed by atoms with Crippen molar-refractivity contribution >= 4 is 5.91 Å². The zero-order valence-corrected chi connectivity index (χ0v) is 8.41. The maximum Gasteiger partial charge on any atom is 0.252 e. The number of amides is 1. The Kier molecular flexibility index (Phi) is 2.29. The normalized spacial score (nSPS) is 19.4. The summed E-state index contributed by atoms with van der Waals surface area (Å²) in [7, 11) is 3.36. The Morgan fingerprint density at radius 3 is 3.07 bits per heavy atom. The van der Waals surface area contributed by atoms with Crippen molar-refractivity contribution in [3.05, 3.63) is 23.5 Å². The highest BCUT2D eigenvalue weighted by Gasteiger charge is 2.22. The molecular formula is C10H14N2O2. The summed E-state index contributed by atoms with van der Waals surface area (Å²) in [5.41, 5.74) is 1.91. The van der Waals surface area contributed by atoms with E-state index in [0.29, 0.717) is 0 Å². The van der Waals surface area contributed by atoms with Crippen LogP contribution in [0.4, 0.5) is 0 Å². The highest BCUT2D eigenvalue weighted by Crippen LogP contribution is 2.20. The summed E-state index contributed by atoms with van der Waals surface area (Å²) in [6.45, 7) is 0.850. The summed E-state index contributed by atoms with van der Waals surface area (Å²) >= 11 is 0. The third-order valence-corrected chi connectivity index (χ3v) is 2.65. The van der Waals surface area contributed by atoms with E-state index in [1.807, 2.05) is 12.3 Å². The van der Waals surface area contributed by atoms with Gasteiger partial charge in [-0.25, -0.2) is 0 Å². The predicted molar refractivity (Wildman–Crippen MR) is 52.3 cm³/mol. The molecule has 1 aliphatic rings. The Morgan fingerprint density at radius 1 is 1.71 bits per heavy atom. The van der Waals surface area contributed by atoms with Gasteiger partial charge in [-0.05, 0) is 6.07 Å². The van der Waals surface area contributed by atoms with Crippen LogP contribution in [0.25, 0.3) is 0 Å². The van der Waals surface area contributed by atoms with Gasteiger partial charge in [0.2, 0.25) is 0 Å². The van der Waals surface area contributed by atoms with Gasteiger partial charge < -0.3 is 14.6 Å². The van der Waals surface area contributed by atoms with Crippen molar-refractivity contribution in [2.75, 3.05) is 14.2 Å². The number of nitrogens with one attached hydrogen (secondary N) is 1. The van der Waals surface area contributed by atoms with Gasteiger partial charge in [-0.2, -0.15) is 0 Å². The van der Waals surface area contributed by atoms with Gasteiger partial charge in [0, 0.05) is 39.0 Å². The minimum atomic E-state index is -0.0270. The number of carbonyl (C=O) groups is 1. The highest BCUT2D eigenvalue weighted by molar-refractivity contribution is 5.94. The third-order valence-electron chi connectivity index (χ3n) is 2.65. The van der Waals surface area contributed by atoms with E-state index >= 15 is 0 Å². The number of hydrogen-bond donors (Lipinski definition) is 1. The van der Waals surface area contributed by atoms with Crippen LogP contribution in [0, 0.1) is 0 Å². The van der Waals surface area contributed by atoms with Crippen LogP contribution >= 0.6 is 0 Å². The molecule has 0 radical (unpaired) electrons. The SMILES string of the molecule is CNC(=O)c1cc2n(c1)CC(OC)C2. The molecule has 0 fully saturated rings. The van der Waals surface area contributed by atoms with Crippen LogP contribution in [0.3, 0.4) is 0 Å². The minimum absolute atomic E-state index is 0.0270. The van der Waals surface area contributed by atoms with Gasteiger partial charge in [-0.1, -0.05) is 0 Å². The van der Waals surface area contributed by atoms with E-state index in [-0.39, 0.29) is 12.0 Å². The molecule has 14 heavy (non-hydrogen) atoms. The Balaban J connectivity index is 2.18. The first-order valence-electron chi connectivity index (χ1n) is 4.68. The molecule has 1 N–H and O–H groups in total. The zero-order chi connectivity index (χ0) is 10.1. The highest BCUT2D eigenvalue weighted by atomic mass is 16.5. The lowest BCUT2D eigenvalue weighted by atomic mass is 10.2. The molecule has 1 aromatic heterocycles. The monoisotopic (exact) mass is 194 g/mol. The number of aromatic nitrogens is 1. The molecule has 0 aromatic carbocycles. The lowest BCUT2D eigenvalue weighted by Gasteiger charge is -2.05. The second-order valence-corrected chi connectivity index (χ2v) is 3.51. The number of fused-ring (bicyclic) bond motifs is 1. The van der Waals surface area contributed by atoms with Gasteiger partial charge in [-0.15, -0.1) is 0 Å². The van der Waals surface area contributed by atoms with E-state index in [4.69, 9.17) is 4.74 Å². The van der Waals surface area contributed by atoms with Gasteiger partial charge in [0.05, 0.1) is 11.7 Å². The van der Waals surface area contributed by atoms with Crippen molar-refractivity contribution in [2.45, 2.75) is 19.1 Å². The summed E-state index contributed by atoms with van der Waals surface area (Å²) < 4.78 is 7.34. The number of nitrogens with zero attached hydrogens (tertiary/aromatic N) is 1. The summed E-state index contributed by atoms with van der Waals surface area (Å²) in [6, 6.07) is 1.93. The maximum absolute atomic E-state index is 11.3. The van der Waals surface area contributed by atoms with Gasteiger partial charge in [0.25, 0.3) is 5.91 Å². The lowest BCUT2D eigenvalue weighted by molar-refractivity contribution is 0.0957. The predicted octanol–water partition coefficient (Wildman–Crippen LogP) is 0.419. The summed E-state index contributed by atoms with van der Waals surface area (Å²) in [5.74, 6) is -0.0270. The summed E-state index contributed by atoms with van der Waals surface area (Å²) in [4.78, 5) is 11.3.